The Bertz CT molecular complexity index is 1110. The Kier molecular flexibility index (Phi) is 5.98. The Hall–Kier alpha value is -3.67. The van der Waals surface area contributed by atoms with Crippen molar-refractivity contribution < 1.29 is 19.1 Å². The molecule has 0 unspecified atom stereocenters. The second-order valence-electron chi connectivity index (χ2n) is 7.72. The predicted molar refractivity (Wildman–Crippen MR) is 118 cm³/mol. The summed E-state index contributed by atoms with van der Waals surface area (Å²) < 4.78 is 5.22. The maximum absolute atomic E-state index is 12.5. The second-order valence-corrected chi connectivity index (χ2v) is 7.72. The lowest BCUT2D eigenvalue weighted by Crippen LogP contribution is -2.30. The number of amides is 2. The normalized spacial score (nSPS) is 16.9. The summed E-state index contributed by atoms with van der Waals surface area (Å²) in [5.41, 5.74) is 1.68. The highest BCUT2D eigenvalue weighted by Crippen LogP contribution is 2.29. The van der Waals surface area contributed by atoms with E-state index in [1.807, 2.05) is 73.7 Å². The highest BCUT2D eigenvalue weighted by atomic mass is 16.5. The van der Waals surface area contributed by atoms with Crippen LogP contribution in [-0.2, 0) is 19.1 Å². The van der Waals surface area contributed by atoms with E-state index in [1.165, 1.54) is 0 Å². The molecule has 1 fully saturated rings. The van der Waals surface area contributed by atoms with Crippen molar-refractivity contribution in [3.8, 4) is 0 Å². The van der Waals surface area contributed by atoms with Crippen molar-refractivity contribution in [3.05, 3.63) is 78.4 Å². The average Bonchev–Trinajstić information content (AvgIpc) is 3.19. The third-order valence-corrected chi connectivity index (χ3v) is 5.65. The molecular formula is C25H24N2O4. The molecule has 3 aromatic carbocycles. The molecule has 6 nitrogen and oxygen atoms in total. The van der Waals surface area contributed by atoms with E-state index in [9.17, 15) is 14.4 Å². The smallest absolute Gasteiger partial charge is 0.311 e. The summed E-state index contributed by atoms with van der Waals surface area (Å²) >= 11 is 0. The molecule has 2 atom stereocenters. The molecular weight excluding hydrogens is 392 g/mol. The molecule has 0 radical (unpaired) electrons. The molecule has 0 aromatic heterocycles. The zero-order chi connectivity index (χ0) is 21.8. The fourth-order valence-corrected chi connectivity index (χ4v) is 3.95. The lowest BCUT2D eigenvalue weighted by molar-refractivity contribution is -0.151. The van der Waals surface area contributed by atoms with Crippen LogP contribution in [0.15, 0.2) is 72.8 Å². The van der Waals surface area contributed by atoms with E-state index in [-0.39, 0.29) is 25.0 Å². The van der Waals surface area contributed by atoms with Crippen molar-refractivity contribution in [3.63, 3.8) is 0 Å². The zero-order valence-corrected chi connectivity index (χ0v) is 17.3. The molecule has 2 amide bonds. The minimum Gasteiger partial charge on any atom is -0.455 e. The van der Waals surface area contributed by atoms with Crippen LogP contribution in [0, 0.1) is 5.92 Å². The summed E-state index contributed by atoms with van der Waals surface area (Å²) in [6, 6.07) is 22.9. The topological polar surface area (TPSA) is 75.7 Å². The van der Waals surface area contributed by atoms with Gasteiger partial charge in [0.1, 0.15) is 0 Å². The first kappa shape index (κ1) is 20.6. The minimum atomic E-state index is -0.566. The molecule has 4 rings (SSSR count). The number of anilines is 1. The van der Waals surface area contributed by atoms with Gasteiger partial charge >= 0.3 is 5.97 Å². The molecule has 1 aliphatic heterocycles. The van der Waals surface area contributed by atoms with E-state index >= 15 is 0 Å². The number of carbonyl (C=O) groups is 3. The Morgan fingerprint density at radius 2 is 1.74 bits per heavy atom. The van der Waals surface area contributed by atoms with Crippen LogP contribution in [0.5, 0.6) is 0 Å². The number of ether oxygens (including phenoxy) is 1. The first-order chi connectivity index (χ1) is 15.0. The van der Waals surface area contributed by atoms with Gasteiger partial charge in [-0.25, -0.2) is 0 Å². The van der Waals surface area contributed by atoms with E-state index in [0.29, 0.717) is 12.2 Å². The number of fused-ring (bicyclic) bond motifs is 1. The van der Waals surface area contributed by atoms with Gasteiger partial charge in [0.15, 0.2) is 6.61 Å². The van der Waals surface area contributed by atoms with Gasteiger partial charge in [0.25, 0.3) is 5.91 Å². The lowest BCUT2D eigenvalue weighted by Gasteiger charge is -2.25. The molecule has 1 N–H and O–H groups in total. The summed E-state index contributed by atoms with van der Waals surface area (Å²) in [6.45, 7) is 1.85. The first-order valence-electron chi connectivity index (χ1n) is 10.3. The van der Waals surface area contributed by atoms with Crippen LogP contribution in [0.1, 0.15) is 24.9 Å². The van der Waals surface area contributed by atoms with Crippen molar-refractivity contribution in [1.82, 2.24) is 4.90 Å². The van der Waals surface area contributed by atoms with Crippen LogP contribution in [0.3, 0.4) is 0 Å². The van der Waals surface area contributed by atoms with Crippen molar-refractivity contribution in [2.75, 3.05) is 18.5 Å². The number of esters is 1. The number of carbonyl (C=O) groups excluding carboxylic acids is 3. The lowest BCUT2D eigenvalue weighted by atomic mass is 10.1. The van der Waals surface area contributed by atoms with Crippen molar-refractivity contribution >= 4 is 34.2 Å². The summed E-state index contributed by atoms with van der Waals surface area (Å²) in [7, 11) is 0. The molecule has 0 saturated carbocycles. The standard InChI is InChI=1S/C25H24N2O4/c1-17(18-8-3-2-4-9-18)27-15-20(14-24(27)29)25(30)31-16-23(28)26-22-13-7-11-19-10-5-6-12-21(19)22/h2-13,17,20H,14-16H2,1H3,(H,26,28)/t17-,20+/m0/s1. The molecule has 1 heterocycles. The van der Waals surface area contributed by atoms with Crippen LogP contribution in [-0.4, -0.2) is 35.8 Å². The molecule has 1 aliphatic rings. The highest BCUT2D eigenvalue weighted by molar-refractivity contribution is 6.02. The number of nitrogens with zero attached hydrogens (tertiary/aromatic N) is 1. The predicted octanol–water partition coefficient (Wildman–Crippen LogP) is 3.93. The number of benzene rings is 3. The van der Waals surface area contributed by atoms with Crippen LogP contribution < -0.4 is 5.32 Å². The summed E-state index contributed by atoms with van der Waals surface area (Å²) in [4.78, 5) is 39.0. The van der Waals surface area contributed by atoms with Gasteiger partial charge < -0.3 is 15.0 Å². The molecule has 0 spiro atoms. The van der Waals surface area contributed by atoms with Gasteiger partial charge in [-0.3, -0.25) is 14.4 Å². The van der Waals surface area contributed by atoms with Crippen LogP contribution in [0.25, 0.3) is 10.8 Å². The zero-order valence-electron chi connectivity index (χ0n) is 17.3. The quantitative estimate of drug-likeness (QED) is 0.618. The van der Waals surface area contributed by atoms with Crippen molar-refractivity contribution in [2.24, 2.45) is 5.92 Å². The van der Waals surface area contributed by atoms with E-state index in [2.05, 4.69) is 5.32 Å². The van der Waals surface area contributed by atoms with E-state index in [0.717, 1.165) is 16.3 Å². The maximum atomic E-state index is 12.5. The minimum absolute atomic E-state index is 0.0847. The van der Waals surface area contributed by atoms with Gasteiger partial charge in [-0.1, -0.05) is 66.7 Å². The van der Waals surface area contributed by atoms with Gasteiger partial charge in [-0.2, -0.15) is 0 Å². The summed E-state index contributed by atoms with van der Waals surface area (Å²) in [6.07, 6.45) is 0.0982. The molecule has 31 heavy (non-hydrogen) atoms. The third kappa shape index (κ3) is 4.58. The van der Waals surface area contributed by atoms with Gasteiger partial charge in [-0.15, -0.1) is 0 Å². The third-order valence-electron chi connectivity index (χ3n) is 5.65. The SMILES string of the molecule is C[C@@H](c1ccccc1)N1C[C@H](C(=O)OCC(=O)Nc2cccc3ccccc23)CC1=O. The van der Waals surface area contributed by atoms with Gasteiger partial charge in [-0.05, 0) is 23.9 Å². The fraction of sp³-hybridized carbons (Fsp3) is 0.240. The molecule has 0 aliphatic carbocycles. The Morgan fingerprint density at radius 1 is 1.03 bits per heavy atom. The van der Waals surface area contributed by atoms with Gasteiger partial charge in [0.05, 0.1) is 12.0 Å². The van der Waals surface area contributed by atoms with Crippen LogP contribution in [0.4, 0.5) is 5.69 Å². The second kappa shape index (κ2) is 9.00. The van der Waals surface area contributed by atoms with E-state index in [1.54, 1.807) is 11.0 Å². The molecule has 0 bridgehead atoms. The Morgan fingerprint density at radius 3 is 2.55 bits per heavy atom. The van der Waals surface area contributed by atoms with Crippen LogP contribution in [0.2, 0.25) is 0 Å². The van der Waals surface area contributed by atoms with E-state index < -0.39 is 17.8 Å². The maximum Gasteiger partial charge on any atom is 0.311 e. The van der Waals surface area contributed by atoms with E-state index in [4.69, 9.17) is 4.74 Å². The molecule has 158 valence electrons. The van der Waals surface area contributed by atoms with Gasteiger partial charge in [0, 0.05) is 24.0 Å². The number of nitrogens with one attached hydrogen (secondary N) is 1. The fourth-order valence-electron chi connectivity index (χ4n) is 3.95. The van der Waals surface area contributed by atoms with Crippen molar-refractivity contribution in [1.29, 1.82) is 0 Å². The van der Waals surface area contributed by atoms with Gasteiger partial charge in [0.2, 0.25) is 5.91 Å². The molecule has 6 heteroatoms. The number of likely N-dealkylation sites (tertiary alicyclic amines) is 1. The number of hydrogen-bond acceptors (Lipinski definition) is 4. The summed E-state index contributed by atoms with van der Waals surface area (Å²) in [5.74, 6) is -1.59. The Balaban J connectivity index is 1.32. The monoisotopic (exact) mass is 416 g/mol. The first-order valence-corrected chi connectivity index (χ1v) is 10.3. The van der Waals surface area contributed by atoms with Crippen molar-refractivity contribution in [2.45, 2.75) is 19.4 Å². The average molecular weight is 416 g/mol. The highest BCUT2D eigenvalue weighted by Gasteiger charge is 2.38. The molecule has 3 aromatic rings. The Labute approximate surface area is 180 Å². The summed E-state index contributed by atoms with van der Waals surface area (Å²) in [5, 5.41) is 4.72. The number of hydrogen-bond donors (Lipinski definition) is 1. The number of rotatable bonds is 6. The molecule has 1 saturated heterocycles. The largest absolute Gasteiger partial charge is 0.455 e. The van der Waals surface area contributed by atoms with Crippen LogP contribution >= 0.6 is 0 Å².